The molecule has 3 aliphatic rings. The van der Waals surface area contributed by atoms with Crippen molar-refractivity contribution in [2.75, 3.05) is 26.6 Å². The van der Waals surface area contributed by atoms with Gasteiger partial charge in [0.05, 0.1) is 12.9 Å². The standard InChI is InChI=1S/C9H10O.C8H8O2.C8H6O.C7H6O2/c1-2-6-9-8(4-1)5-3-7-10-9;1-2-4-8-7(3-1)9-5-6-10-8;1-2-4-8-7(3-1)5-6-9-8;1-2-4-7-6(3-1)8-5-9-7/h1-2,4,6H,3,5,7H2;1-4H,5-6H2;1-6H;1-4H,5H2. The molecule has 4 aromatic carbocycles. The van der Waals surface area contributed by atoms with Crippen LogP contribution in [0.5, 0.6) is 28.7 Å². The van der Waals surface area contributed by atoms with Gasteiger partial charge in [0.25, 0.3) is 0 Å². The fourth-order valence-electron chi connectivity index (χ4n) is 4.04. The smallest absolute Gasteiger partial charge is 0.231 e. The third-order valence-corrected chi connectivity index (χ3v) is 5.91. The highest BCUT2D eigenvalue weighted by Crippen LogP contribution is 2.30. The summed E-state index contributed by atoms with van der Waals surface area (Å²) in [5, 5.41) is 1.16. The molecule has 6 heteroatoms. The summed E-state index contributed by atoms with van der Waals surface area (Å²) in [6.45, 7) is 2.57. The van der Waals surface area contributed by atoms with Gasteiger partial charge in [-0.15, -0.1) is 0 Å². The quantitative estimate of drug-likeness (QED) is 0.218. The predicted octanol–water partition coefficient (Wildman–Crippen LogP) is 7.32. The molecule has 0 saturated heterocycles. The molecule has 0 amide bonds. The van der Waals surface area contributed by atoms with Gasteiger partial charge in [0.15, 0.2) is 23.0 Å². The zero-order valence-corrected chi connectivity index (χ0v) is 21.1. The lowest BCUT2D eigenvalue weighted by Gasteiger charge is -2.17. The van der Waals surface area contributed by atoms with E-state index in [2.05, 4.69) is 12.1 Å². The zero-order chi connectivity index (χ0) is 25.8. The highest BCUT2D eigenvalue weighted by molar-refractivity contribution is 5.76. The molecule has 0 unspecified atom stereocenters. The Morgan fingerprint density at radius 2 is 0.974 bits per heavy atom. The van der Waals surface area contributed by atoms with Crippen molar-refractivity contribution in [1.82, 2.24) is 0 Å². The summed E-state index contributed by atoms with van der Waals surface area (Å²) in [6.07, 6.45) is 4.04. The van der Waals surface area contributed by atoms with Gasteiger partial charge in [0.1, 0.15) is 24.5 Å². The molecule has 6 nitrogen and oxygen atoms in total. The highest BCUT2D eigenvalue weighted by Gasteiger charge is 2.10. The molecular formula is C32H30O6. The molecule has 8 rings (SSSR count). The maximum atomic E-state index is 5.42. The molecule has 38 heavy (non-hydrogen) atoms. The number of para-hydroxylation sites is 6. The molecular weight excluding hydrogens is 480 g/mol. The van der Waals surface area contributed by atoms with Gasteiger partial charge in [-0.2, -0.15) is 0 Å². The van der Waals surface area contributed by atoms with E-state index in [9.17, 15) is 0 Å². The monoisotopic (exact) mass is 510 g/mol. The van der Waals surface area contributed by atoms with Crippen LogP contribution in [0.15, 0.2) is 114 Å². The number of furan rings is 1. The molecule has 1 aromatic heterocycles. The van der Waals surface area contributed by atoms with E-state index >= 15 is 0 Å². The van der Waals surface area contributed by atoms with E-state index in [1.54, 1.807) is 6.26 Å². The van der Waals surface area contributed by atoms with Crippen molar-refractivity contribution in [1.29, 1.82) is 0 Å². The van der Waals surface area contributed by atoms with Crippen LogP contribution in [0.25, 0.3) is 11.0 Å². The number of hydrogen-bond acceptors (Lipinski definition) is 6. The molecule has 0 aliphatic carbocycles. The number of aryl methyl sites for hydroxylation is 1. The molecule has 0 bridgehead atoms. The molecule has 5 aromatic rings. The average Bonchev–Trinajstić information content (AvgIpc) is 3.68. The van der Waals surface area contributed by atoms with E-state index in [1.807, 2.05) is 91.0 Å². The molecule has 0 fully saturated rings. The van der Waals surface area contributed by atoms with Crippen LogP contribution >= 0.6 is 0 Å². The molecule has 194 valence electrons. The fourth-order valence-corrected chi connectivity index (χ4v) is 4.04. The van der Waals surface area contributed by atoms with Crippen molar-refractivity contribution in [2.45, 2.75) is 12.8 Å². The zero-order valence-electron chi connectivity index (χ0n) is 21.1. The molecule has 0 spiro atoms. The Hall–Kier alpha value is -4.58. The Morgan fingerprint density at radius 3 is 1.61 bits per heavy atom. The first-order valence-electron chi connectivity index (χ1n) is 12.7. The SMILES string of the molecule is c1ccc2c(c1)CCCO2.c1ccc2c(c1)OCCO2.c1ccc2c(c1)OCO2.c1ccc2occc2c1. The van der Waals surface area contributed by atoms with Gasteiger partial charge in [-0.1, -0.05) is 60.7 Å². The Morgan fingerprint density at radius 1 is 0.447 bits per heavy atom. The van der Waals surface area contributed by atoms with E-state index in [1.165, 1.54) is 12.0 Å². The van der Waals surface area contributed by atoms with Crippen LogP contribution < -0.4 is 23.7 Å². The first kappa shape index (κ1) is 25.1. The van der Waals surface area contributed by atoms with Crippen LogP contribution in [-0.4, -0.2) is 26.6 Å². The van der Waals surface area contributed by atoms with E-state index in [-0.39, 0.29) is 0 Å². The van der Waals surface area contributed by atoms with Crippen LogP contribution in [0, 0.1) is 0 Å². The number of ether oxygens (including phenoxy) is 5. The Bertz CT molecular complexity index is 1270. The van der Waals surface area contributed by atoms with Gasteiger partial charge in [-0.25, -0.2) is 0 Å². The van der Waals surface area contributed by atoms with E-state index < -0.39 is 0 Å². The van der Waals surface area contributed by atoms with E-state index in [4.69, 9.17) is 28.1 Å². The molecule has 0 N–H and O–H groups in total. The largest absolute Gasteiger partial charge is 0.493 e. The maximum Gasteiger partial charge on any atom is 0.231 e. The summed E-state index contributed by atoms with van der Waals surface area (Å²) in [6, 6.07) is 33.5. The summed E-state index contributed by atoms with van der Waals surface area (Å²) < 4.78 is 31.3. The molecule has 0 radical (unpaired) electrons. The van der Waals surface area contributed by atoms with Gasteiger partial charge in [0.2, 0.25) is 6.79 Å². The topological polar surface area (TPSA) is 59.3 Å². The Kier molecular flexibility index (Phi) is 8.65. The van der Waals surface area contributed by atoms with E-state index in [0.717, 1.165) is 52.7 Å². The fraction of sp³-hybridized carbons (Fsp3) is 0.188. The second-order valence-corrected chi connectivity index (χ2v) is 8.52. The van der Waals surface area contributed by atoms with Crippen LogP contribution in [-0.2, 0) is 6.42 Å². The van der Waals surface area contributed by atoms with Gasteiger partial charge in [-0.3, -0.25) is 0 Å². The summed E-state index contributed by atoms with van der Waals surface area (Å²) >= 11 is 0. The lowest BCUT2D eigenvalue weighted by atomic mass is 10.1. The summed E-state index contributed by atoms with van der Waals surface area (Å²) in [5.74, 6) is 4.48. The molecule has 0 atom stereocenters. The second-order valence-electron chi connectivity index (χ2n) is 8.52. The van der Waals surface area contributed by atoms with Gasteiger partial charge < -0.3 is 28.1 Å². The average molecular weight is 511 g/mol. The third-order valence-electron chi connectivity index (χ3n) is 5.91. The first-order chi connectivity index (χ1) is 18.9. The molecule has 4 heterocycles. The predicted molar refractivity (Wildman–Crippen MR) is 146 cm³/mol. The summed E-state index contributed by atoms with van der Waals surface area (Å²) in [7, 11) is 0. The Labute approximate surface area is 222 Å². The van der Waals surface area contributed by atoms with Crippen molar-refractivity contribution in [3.8, 4) is 28.7 Å². The van der Waals surface area contributed by atoms with Crippen molar-refractivity contribution >= 4 is 11.0 Å². The van der Waals surface area contributed by atoms with Crippen molar-refractivity contribution in [3.05, 3.63) is 115 Å². The molecule has 3 aliphatic heterocycles. The lowest BCUT2D eigenvalue weighted by molar-refractivity contribution is 0.171. The minimum absolute atomic E-state index is 0.360. The Balaban J connectivity index is 0.000000103. The van der Waals surface area contributed by atoms with Crippen molar-refractivity contribution in [2.24, 2.45) is 0 Å². The summed E-state index contributed by atoms with van der Waals surface area (Å²) in [4.78, 5) is 0. The maximum absolute atomic E-state index is 5.42. The first-order valence-corrected chi connectivity index (χ1v) is 12.7. The van der Waals surface area contributed by atoms with Crippen molar-refractivity contribution < 1.29 is 28.1 Å². The minimum atomic E-state index is 0.360. The number of hydrogen-bond donors (Lipinski definition) is 0. The van der Waals surface area contributed by atoms with Gasteiger partial charge >= 0.3 is 0 Å². The minimum Gasteiger partial charge on any atom is -0.493 e. The number of rotatable bonds is 0. The van der Waals surface area contributed by atoms with Crippen LogP contribution in [0.4, 0.5) is 0 Å². The van der Waals surface area contributed by atoms with Gasteiger partial charge in [0, 0.05) is 5.39 Å². The normalized spacial score (nSPS) is 13.7. The molecule has 0 saturated carbocycles. The van der Waals surface area contributed by atoms with Crippen LogP contribution in [0.1, 0.15) is 12.0 Å². The van der Waals surface area contributed by atoms with Crippen LogP contribution in [0.3, 0.4) is 0 Å². The van der Waals surface area contributed by atoms with Crippen molar-refractivity contribution in [3.63, 3.8) is 0 Å². The lowest BCUT2D eigenvalue weighted by Crippen LogP contribution is -2.14. The summed E-state index contributed by atoms with van der Waals surface area (Å²) in [5.41, 5.74) is 2.31. The second kappa shape index (κ2) is 13.1. The number of fused-ring (bicyclic) bond motifs is 4. The third kappa shape index (κ3) is 6.79. The number of benzene rings is 4. The van der Waals surface area contributed by atoms with Gasteiger partial charge in [-0.05, 0) is 60.9 Å². The van der Waals surface area contributed by atoms with Crippen LogP contribution in [0.2, 0.25) is 0 Å². The van der Waals surface area contributed by atoms with E-state index in [0.29, 0.717) is 20.0 Å². The highest BCUT2D eigenvalue weighted by atomic mass is 16.7.